The van der Waals surface area contributed by atoms with E-state index in [0.29, 0.717) is 5.69 Å². The molecule has 0 spiro atoms. The van der Waals surface area contributed by atoms with Gasteiger partial charge >= 0.3 is 0 Å². The number of furan rings is 1. The predicted octanol–water partition coefficient (Wildman–Crippen LogP) is 2.72. The summed E-state index contributed by atoms with van der Waals surface area (Å²) in [5.74, 6) is 1.06. The third-order valence-corrected chi connectivity index (χ3v) is 4.34. The van der Waals surface area contributed by atoms with Gasteiger partial charge in [0.05, 0.1) is 6.54 Å². The summed E-state index contributed by atoms with van der Waals surface area (Å²) in [4.78, 5) is 19.5. The average molecular weight is 309 g/mol. The van der Waals surface area contributed by atoms with Gasteiger partial charge in [0.25, 0.3) is 5.91 Å². The van der Waals surface area contributed by atoms with Gasteiger partial charge in [-0.15, -0.1) is 0 Å². The van der Waals surface area contributed by atoms with Gasteiger partial charge in [0.2, 0.25) is 0 Å². The number of hydrogen-bond acceptors (Lipinski definition) is 3. The SMILES string of the molecule is O=C(c1ccc[nH]1)N1CCN(Cc2cc3ccccc3o2)CC1. The maximum absolute atomic E-state index is 12.3. The molecule has 0 radical (unpaired) electrons. The van der Waals surface area contributed by atoms with Gasteiger partial charge in [-0.1, -0.05) is 18.2 Å². The fraction of sp³-hybridized carbons (Fsp3) is 0.278. The van der Waals surface area contributed by atoms with E-state index in [-0.39, 0.29) is 5.91 Å². The molecule has 23 heavy (non-hydrogen) atoms. The van der Waals surface area contributed by atoms with Crippen molar-refractivity contribution in [2.24, 2.45) is 0 Å². The predicted molar refractivity (Wildman–Crippen MR) is 88.2 cm³/mol. The van der Waals surface area contributed by atoms with Crippen molar-refractivity contribution in [2.45, 2.75) is 6.54 Å². The molecular weight excluding hydrogens is 290 g/mol. The second-order valence-corrected chi connectivity index (χ2v) is 5.90. The second kappa shape index (κ2) is 5.93. The van der Waals surface area contributed by atoms with E-state index in [0.717, 1.165) is 49.5 Å². The molecule has 0 atom stereocenters. The number of aromatic nitrogens is 1. The van der Waals surface area contributed by atoms with Crippen molar-refractivity contribution in [3.8, 4) is 0 Å². The largest absolute Gasteiger partial charge is 0.460 e. The van der Waals surface area contributed by atoms with Crippen LogP contribution in [0.15, 0.2) is 53.1 Å². The molecule has 1 N–H and O–H groups in total. The third-order valence-electron chi connectivity index (χ3n) is 4.34. The molecule has 0 bridgehead atoms. The first-order chi connectivity index (χ1) is 11.3. The van der Waals surface area contributed by atoms with Gasteiger partial charge in [0.1, 0.15) is 17.0 Å². The molecule has 3 aromatic rings. The van der Waals surface area contributed by atoms with Crippen molar-refractivity contribution in [2.75, 3.05) is 26.2 Å². The number of nitrogens with zero attached hydrogens (tertiary/aromatic N) is 2. The molecule has 1 amide bonds. The maximum Gasteiger partial charge on any atom is 0.270 e. The summed E-state index contributed by atoms with van der Waals surface area (Å²) in [7, 11) is 0. The number of benzene rings is 1. The minimum absolute atomic E-state index is 0.0818. The van der Waals surface area contributed by atoms with Gasteiger partial charge in [0, 0.05) is 37.8 Å². The molecule has 5 heteroatoms. The normalized spacial score (nSPS) is 16.1. The summed E-state index contributed by atoms with van der Waals surface area (Å²) >= 11 is 0. The number of amides is 1. The topological polar surface area (TPSA) is 52.5 Å². The summed E-state index contributed by atoms with van der Waals surface area (Å²) in [6.07, 6.45) is 1.78. The minimum Gasteiger partial charge on any atom is -0.460 e. The van der Waals surface area contributed by atoms with Gasteiger partial charge in [-0.3, -0.25) is 9.69 Å². The van der Waals surface area contributed by atoms with Gasteiger partial charge < -0.3 is 14.3 Å². The van der Waals surface area contributed by atoms with Crippen LogP contribution >= 0.6 is 0 Å². The lowest BCUT2D eigenvalue weighted by Gasteiger charge is -2.34. The van der Waals surface area contributed by atoms with Crippen LogP contribution in [0.5, 0.6) is 0 Å². The number of hydrogen-bond donors (Lipinski definition) is 1. The molecule has 5 nitrogen and oxygen atoms in total. The van der Waals surface area contributed by atoms with E-state index in [9.17, 15) is 4.79 Å². The minimum atomic E-state index is 0.0818. The van der Waals surface area contributed by atoms with Crippen molar-refractivity contribution in [3.63, 3.8) is 0 Å². The van der Waals surface area contributed by atoms with Crippen molar-refractivity contribution in [1.82, 2.24) is 14.8 Å². The average Bonchev–Trinajstić information content (AvgIpc) is 3.24. The number of aromatic amines is 1. The molecule has 3 heterocycles. The zero-order valence-corrected chi connectivity index (χ0v) is 12.9. The Morgan fingerprint density at radius 3 is 2.65 bits per heavy atom. The molecule has 1 fully saturated rings. The lowest BCUT2D eigenvalue weighted by molar-refractivity contribution is 0.0616. The summed E-state index contributed by atoms with van der Waals surface area (Å²) < 4.78 is 5.88. The Morgan fingerprint density at radius 1 is 1.09 bits per heavy atom. The number of nitrogens with one attached hydrogen (secondary N) is 1. The van der Waals surface area contributed by atoms with Gasteiger partial charge in [-0.2, -0.15) is 0 Å². The zero-order chi connectivity index (χ0) is 15.6. The Morgan fingerprint density at radius 2 is 1.91 bits per heavy atom. The van der Waals surface area contributed by atoms with E-state index in [1.807, 2.05) is 35.2 Å². The van der Waals surface area contributed by atoms with Crippen LogP contribution in [0, 0.1) is 0 Å². The molecule has 1 saturated heterocycles. The smallest absolute Gasteiger partial charge is 0.270 e. The van der Waals surface area contributed by atoms with Crippen LogP contribution in [-0.2, 0) is 6.54 Å². The lowest BCUT2D eigenvalue weighted by atomic mass is 10.2. The summed E-state index contributed by atoms with van der Waals surface area (Å²) in [5, 5.41) is 1.14. The van der Waals surface area contributed by atoms with E-state index in [4.69, 9.17) is 4.42 Å². The first-order valence-corrected chi connectivity index (χ1v) is 7.92. The van der Waals surface area contributed by atoms with Crippen molar-refractivity contribution < 1.29 is 9.21 Å². The summed E-state index contributed by atoms with van der Waals surface area (Å²) in [6, 6.07) is 13.8. The number of fused-ring (bicyclic) bond motifs is 1. The van der Waals surface area contributed by atoms with Crippen LogP contribution in [0.4, 0.5) is 0 Å². The van der Waals surface area contributed by atoms with Gasteiger partial charge in [-0.25, -0.2) is 0 Å². The van der Waals surface area contributed by atoms with Crippen molar-refractivity contribution in [3.05, 3.63) is 60.1 Å². The number of piperazine rings is 1. The lowest BCUT2D eigenvalue weighted by Crippen LogP contribution is -2.48. The molecule has 1 aliphatic heterocycles. The number of rotatable bonds is 3. The Hall–Kier alpha value is -2.53. The highest BCUT2D eigenvalue weighted by molar-refractivity contribution is 5.92. The summed E-state index contributed by atoms with van der Waals surface area (Å²) in [5.41, 5.74) is 1.60. The molecule has 4 rings (SSSR count). The Kier molecular flexibility index (Phi) is 3.63. The molecule has 1 aliphatic rings. The Labute approximate surface area is 134 Å². The quantitative estimate of drug-likeness (QED) is 0.809. The molecule has 0 unspecified atom stereocenters. The number of carbonyl (C=O) groups excluding carboxylic acids is 1. The van der Waals surface area contributed by atoms with Gasteiger partial charge in [0.15, 0.2) is 0 Å². The highest BCUT2D eigenvalue weighted by Gasteiger charge is 2.23. The van der Waals surface area contributed by atoms with Crippen LogP contribution in [0.2, 0.25) is 0 Å². The molecule has 2 aromatic heterocycles. The van der Waals surface area contributed by atoms with E-state index in [1.165, 1.54) is 0 Å². The van der Waals surface area contributed by atoms with Crippen LogP contribution < -0.4 is 0 Å². The van der Waals surface area contributed by atoms with Crippen LogP contribution in [0.1, 0.15) is 16.2 Å². The molecule has 0 aliphatic carbocycles. The second-order valence-electron chi connectivity index (χ2n) is 5.90. The monoisotopic (exact) mass is 309 g/mol. The third kappa shape index (κ3) is 2.87. The molecular formula is C18H19N3O2. The Balaban J connectivity index is 1.37. The first kappa shape index (κ1) is 14.1. The zero-order valence-electron chi connectivity index (χ0n) is 12.9. The number of H-pyrrole nitrogens is 1. The molecule has 1 aromatic carbocycles. The van der Waals surface area contributed by atoms with E-state index < -0.39 is 0 Å². The highest BCUT2D eigenvalue weighted by atomic mass is 16.3. The highest BCUT2D eigenvalue weighted by Crippen LogP contribution is 2.20. The van der Waals surface area contributed by atoms with E-state index >= 15 is 0 Å². The van der Waals surface area contributed by atoms with Crippen molar-refractivity contribution >= 4 is 16.9 Å². The molecule has 0 saturated carbocycles. The summed E-state index contributed by atoms with van der Waals surface area (Å²) in [6.45, 7) is 4.02. The van der Waals surface area contributed by atoms with Crippen LogP contribution in [0.25, 0.3) is 11.0 Å². The standard InChI is InChI=1S/C18H19N3O2/c22-18(16-5-3-7-19-16)21-10-8-20(9-11-21)13-15-12-14-4-1-2-6-17(14)23-15/h1-7,12,19H,8-11,13H2. The fourth-order valence-corrected chi connectivity index (χ4v) is 3.08. The molecule has 118 valence electrons. The first-order valence-electron chi connectivity index (χ1n) is 7.92. The van der Waals surface area contributed by atoms with Crippen LogP contribution in [-0.4, -0.2) is 46.9 Å². The van der Waals surface area contributed by atoms with Crippen molar-refractivity contribution in [1.29, 1.82) is 0 Å². The fourth-order valence-electron chi connectivity index (χ4n) is 3.08. The number of carbonyl (C=O) groups is 1. The number of para-hydroxylation sites is 1. The van der Waals surface area contributed by atoms with E-state index in [1.54, 1.807) is 6.20 Å². The van der Waals surface area contributed by atoms with Gasteiger partial charge in [-0.05, 0) is 24.3 Å². The van der Waals surface area contributed by atoms with Crippen LogP contribution in [0.3, 0.4) is 0 Å². The van der Waals surface area contributed by atoms with E-state index in [2.05, 4.69) is 22.0 Å². The Bertz CT molecular complexity index is 766. The maximum atomic E-state index is 12.3.